The van der Waals surface area contributed by atoms with E-state index in [9.17, 15) is 14.4 Å². The zero-order valence-corrected chi connectivity index (χ0v) is 36.2. The Morgan fingerprint density at radius 2 is 1.24 bits per heavy atom. The monoisotopic (exact) mass is 859 g/mol. The van der Waals surface area contributed by atoms with E-state index in [0.29, 0.717) is 45.5 Å². The third kappa shape index (κ3) is 16.4. The molecule has 0 aliphatic carbocycles. The molecule has 0 spiro atoms. The second kappa shape index (κ2) is 25.9. The van der Waals surface area contributed by atoms with Gasteiger partial charge in [0.2, 0.25) is 0 Å². The topological polar surface area (TPSA) is 183 Å². The van der Waals surface area contributed by atoms with E-state index in [0.717, 1.165) is 16.7 Å². The number of unbranched alkanes of at least 4 members (excludes halogenated alkanes) is 1. The van der Waals surface area contributed by atoms with Gasteiger partial charge < -0.3 is 42.6 Å². The van der Waals surface area contributed by atoms with Gasteiger partial charge in [0.25, 0.3) is 0 Å². The van der Waals surface area contributed by atoms with Crippen LogP contribution in [0.5, 0.6) is 0 Å². The van der Waals surface area contributed by atoms with Crippen molar-refractivity contribution < 1.29 is 57.0 Å². The van der Waals surface area contributed by atoms with Crippen molar-refractivity contribution in [3.63, 3.8) is 0 Å². The molecule has 0 N–H and O–H groups in total. The third-order valence-corrected chi connectivity index (χ3v) is 10.7. The lowest BCUT2D eigenvalue weighted by atomic mass is 10.0. The molecule has 0 amide bonds. The molecule has 0 aromatic heterocycles. The predicted molar refractivity (Wildman–Crippen MR) is 227 cm³/mol. The van der Waals surface area contributed by atoms with Crippen LogP contribution in [0, 0.1) is 5.92 Å². The smallest absolute Gasteiger partial charge is 0.309 e. The number of ether oxygens (including phenoxy) is 9. The van der Waals surface area contributed by atoms with Crippen LogP contribution >= 0.6 is 0 Å². The normalized spacial score (nSPS) is 24.5. The predicted octanol–water partition coefficient (Wildman–Crippen LogP) is 8.31. The van der Waals surface area contributed by atoms with E-state index in [-0.39, 0.29) is 56.7 Å². The first-order chi connectivity index (χ1) is 30.1. The van der Waals surface area contributed by atoms with E-state index < -0.39 is 54.9 Å². The Morgan fingerprint density at radius 1 is 0.677 bits per heavy atom. The van der Waals surface area contributed by atoms with Crippen LogP contribution in [0.15, 0.2) is 96.1 Å². The highest BCUT2D eigenvalue weighted by Crippen LogP contribution is 2.30. The SMILES string of the molecule is CC1OC(O[C@H](C)CCC(=O)OCc2ccccc2)C(OC(=O)CCCCO[C@@H]2O[C@@H](C)[C@H](OCc3ccccc3)C[C@H]2OCc2ccccc2)CC1OC(=O)[C@H](C)CN=[N+]=[N-]. The number of hydrogen-bond donors (Lipinski definition) is 0. The van der Waals surface area contributed by atoms with Crippen molar-refractivity contribution in [1.29, 1.82) is 0 Å². The number of rotatable bonds is 24. The zero-order chi connectivity index (χ0) is 44.1. The number of azide groups is 1. The van der Waals surface area contributed by atoms with Crippen LogP contribution < -0.4 is 0 Å². The maximum absolute atomic E-state index is 13.3. The molecule has 5 rings (SSSR count). The van der Waals surface area contributed by atoms with Crippen molar-refractivity contribution in [2.45, 2.75) is 148 Å². The van der Waals surface area contributed by atoms with E-state index in [1.165, 1.54) is 0 Å². The molecule has 2 aliphatic rings. The molecular formula is C47H61N3O12. The minimum absolute atomic E-state index is 0.0621. The first kappa shape index (κ1) is 48.2. The van der Waals surface area contributed by atoms with Gasteiger partial charge in [-0.1, -0.05) is 103 Å². The third-order valence-electron chi connectivity index (χ3n) is 10.7. The number of carbonyl (C=O) groups excluding carboxylic acids is 3. The summed E-state index contributed by atoms with van der Waals surface area (Å²) in [7, 11) is 0. The van der Waals surface area contributed by atoms with Crippen LogP contribution in [0.4, 0.5) is 0 Å². The molecule has 0 saturated carbocycles. The summed E-state index contributed by atoms with van der Waals surface area (Å²) in [5.41, 5.74) is 11.7. The van der Waals surface area contributed by atoms with Crippen molar-refractivity contribution >= 4 is 17.9 Å². The molecule has 2 aliphatic heterocycles. The molecule has 336 valence electrons. The van der Waals surface area contributed by atoms with Crippen LogP contribution in [-0.2, 0) is 76.8 Å². The Bertz CT molecular complexity index is 1830. The van der Waals surface area contributed by atoms with Crippen LogP contribution in [0.25, 0.3) is 10.4 Å². The lowest BCUT2D eigenvalue weighted by molar-refractivity contribution is -0.281. The fourth-order valence-electron chi connectivity index (χ4n) is 6.98. The summed E-state index contributed by atoms with van der Waals surface area (Å²) in [6.07, 6.45) is -2.93. The van der Waals surface area contributed by atoms with Crippen LogP contribution in [0.1, 0.15) is 89.3 Å². The fraction of sp³-hybridized carbons (Fsp3) is 0.553. The zero-order valence-electron chi connectivity index (χ0n) is 36.2. The highest BCUT2D eigenvalue weighted by molar-refractivity contribution is 5.72. The van der Waals surface area contributed by atoms with Gasteiger partial charge >= 0.3 is 17.9 Å². The molecule has 62 heavy (non-hydrogen) atoms. The Labute approximate surface area is 364 Å². The molecule has 4 unspecified atom stereocenters. The minimum atomic E-state index is -0.984. The molecule has 2 saturated heterocycles. The van der Waals surface area contributed by atoms with Gasteiger partial charge in [-0.2, -0.15) is 0 Å². The van der Waals surface area contributed by atoms with Crippen LogP contribution in [0.2, 0.25) is 0 Å². The summed E-state index contributed by atoms with van der Waals surface area (Å²) in [6, 6.07) is 29.3. The number of hydrogen-bond acceptors (Lipinski definition) is 13. The van der Waals surface area contributed by atoms with Gasteiger partial charge in [-0.05, 0) is 62.3 Å². The molecule has 0 bridgehead atoms. The summed E-state index contributed by atoms with van der Waals surface area (Å²) in [5.74, 6) is -2.10. The number of nitrogens with zero attached hydrogens (tertiary/aromatic N) is 3. The number of esters is 3. The maximum Gasteiger partial charge on any atom is 0.309 e. The number of benzene rings is 3. The standard InChI is InChI=1S/C47H61N3O12/c1-32(28-49-50-48)45(53)62-40-27-42(47(60-35(40)4)58-33(2)23-24-43(51)57-31-38-20-12-7-13-21-38)61-44(52)22-14-15-25-54-46-41(56-30-37-18-10-6-11-19-37)26-39(34(3)59-46)55-29-36-16-8-5-9-17-36/h5-13,16-21,32-35,39-42,46-47H,14-15,22-31H2,1-4H3/t32-,33-,34+,35?,39-,40?,41-,42?,46-,47?/m1/s1. The molecular weight excluding hydrogens is 799 g/mol. The fourth-order valence-corrected chi connectivity index (χ4v) is 6.98. The highest BCUT2D eigenvalue weighted by atomic mass is 16.7. The molecule has 2 heterocycles. The van der Waals surface area contributed by atoms with E-state index in [2.05, 4.69) is 10.0 Å². The van der Waals surface area contributed by atoms with Crippen molar-refractivity contribution in [1.82, 2.24) is 0 Å². The molecule has 10 atom stereocenters. The Morgan fingerprint density at radius 3 is 1.87 bits per heavy atom. The van der Waals surface area contributed by atoms with Gasteiger partial charge in [-0.25, -0.2) is 0 Å². The van der Waals surface area contributed by atoms with Crippen molar-refractivity contribution in [3.8, 4) is 0 Å². The van der Waals surface area contributed by atoms with Crippen molar-refractivity contribution in [2.75, 3.05) is 13.2 Å². The van der Waals surface area contributed by atoms with Gasteiger partial charge in [-0.3, -0.25) is 14.4 Å². The van der Waals surface area contributed by atoms with Gasteiger partial charge in [0.15, 0.2) is 18.7 Å². The summed E-state index contributed by atoms with van der Waals surface area (Å²) in [6.45, 7) is 8.39. The van der Waals surface area contributed by atoms with Crippen molar-refractivity contribution in [2.24, 2.45) is 11.0 Å². The Hall–Kier alpha value is -4.86. The first-order valence-corrected chi connectivity index (χ1v) is 21.6. The quantitative estimate of drug-likeness (QED) is 0.0210. The summed E-state index contributed by atoms with van der Waals surface area (Å²) in [5, 5.41) is 3.47. The van der Waals surface area contributed by atoms with Crippen molar-refractivity contribution in [3.05, 3.63) is 118 Å². The second-order valence-electron chi connectivity index (χ2n) is 15.8. The number of carbonyl (C=O) groups is 3. The summed E-state index contributed by atoms with van der Waals surface area (Å²) in [4.78, 5) is 41.3. The van der Waals surface area contributed by atoms with E-state index in [4.69, 9.17) is 48.2 Å². The van der Waals surface area contributed by atoms with E-state index >= 15 is 0 Å². The minimum Gasteiger partial charge on any atom is -0.461 e. The average Bonchev–Trinajstić information content (AvgIpc) is 3.28. The summed E-state index contributed by atoms with van der Waals surface area (Å²) < 4.78 is 54.6. The highest BCUT2D eigenvalue weighted by Gasteiger charge is 2.42. The second-order valence-corrected chi connectivity index (χ2v) is 15.8. The molecule has 3 aromatic rings. The molecule has 15 heteroatoms. The lowest BCUT2D eigenvalue weighted by Gasteiger charge is -2.40. The largest absolute Gasteiger partial charge is 0.461 e. The molecule has 15 nitrogen and oxygen atoms in total. The van der Waals surface area contributed by atoms with Crippen LogP contribution in [0.3, 0.4) is 0 Å². The first-order valence-electron chi connectivity index (χ1n) is 21.6. The van der Waals surface area contributed by atoms with E-state index in [1.807, 2.05) is 97.9 Å². The molecule has 2 fully saturated rings. The average molecular weight is 860 g/mol. The van der Waals surface area contributed by atoms with Gasteiger partial charge in [0.1, 0.15) is 18.8 Å². The maximum atomic E-state index is 13.3. The Balaban J connectivity index is 1.11. The molecule has 0 radical (unpaired) electrons. The van der Waals surface area contributed by atoms with Gasteiger partial charge in [-0.15, -0.1) is 0 Å². The van der Waals surface area contributed by atoms with Gasteiger partial charge in [0, 0.05) is 43.7 Å². The van der Waals surface area contributed by atoms with E-state index in [1.54, 1.807) is 20.8 Å². The summed E-state index contributed by atoms with van der Waals surface area (Å²) >= 11 is 0. The molecule has 3 aromatic carbocycles. The van der Waals surface area contributed by atoms with Gasteiger partial charge in [0.05, 0.1) is 43.5 Å². The Kier molecular flexibility index (Phi) is 20.1. The lowest BCUT2D eigenvalue weighted by Crippen LogP contribution is -2.51. The van der Waals surface area contributed by atoms with Crippen LogP contribution in [-0.4, -0.2) is 86.4 Å².